The van der Waals surface area contributed by atoms with E-state index in [0.717, 1.165) is 0 Å². The van der Waals surface area contributed by atoms with Gasteiger partial charge in [-0.25, -0.2) is 9.59 Å². The van der Waals surface area contributed by atoms with Gasteiger partial charge in [-0.2, -0.15) is 0 Å². The van der Waals surface area contributed by atoms with E-state index >= 15 is 0 Å². The molecule has 2 N–H and O–H groups in total. The zero-order valence-corrected chi connectivity index (χ0v) is 11.9. The highest BCUT2D eigenvalue weighted by atomic mass is 16.4. The number of likely N-dealkylation sites (N-methyl/N-ethyl adjacent to an activating group) is 1. The molecule has 0 spiro atoms. The molecule has 1 aromatic heterocycles. The average molecular weight is 277 g/mol. The summed E-state index contributed by atoms with van der Waals surface area (Å²) in [6, 6.07) is 5.23. The summed E-state index contributed by atoms with van der Waals surface area (Å²) in [6.45, 7) is 5.28. The predicted octanol–water partition coefficient (Wildman–Crippen LogP) is 1.37. The van der Waals surface area contributed by atoms with E-state index in [2.05, 4.69) is 23.7 Å². The number of benzene rings is 1. The summed E-state index contributed by atoms with van der Waals surface area (Å²) >= 11 is 0. The van der Waals surface area contributed by atoms with Crippen LogP contribution in [0.5, 0.6) is 0 Å². The van der Waals surface area contributed by atoms with Crippen molar-refractivity contribution in [1.82, 2.24) is 14.5 Å². The molecule has 2 aromatic rings. The van der Waals surface area contributed by atoms with E-state index in [9.17, 15) is 14.7 Å². The maximum absolute atomic E-state index is 12.0. The van der Waals surface area contributed by atoms with Gasteiger partial charge in [0.1, 0.15) is 0 Å². The summed E-state index contributed by atoms with van der Waals surface area (Å²) in [7, 11) is 1.97. The fourth-order valence-electron chi connectivity index (χ4n) is 2.12. The van der Waals surface area contributed by atoms with Crippen molar-refractivity contribution >= 4 is 17.0 Å². The first-order valence-electron chi connectivity index (χ1n) is 6.57. The van der Waals surface area contributed by atoms with Gasteiger partial charge >= 0.3 is 11.7 Å². The molecule has 2 rings (SSSR count). The number of carbonyl (C=O) groups is 1. The second-order valence-corrected chi connectivity index (χ2v) is 5.16. The van der Waals surface area contributed by atoms with Gasteiger partial charge in [0.05, 0.1) is 16.6 Å². The lowest BCUT2D eigenvalue weighted by atomic mass is 10.2. The lowest BCUT2D eigenvalue weighted by Gasteiger charge is -2.21. The minimum atomic E-state index is -1.03. The van der Waals surface area contributed by atoms with Crippen LogP contribution in [0.3, 0.4) is 0 Å². The summed E-state index contributed by atoms with van der Waals surface area (Å²) in [4.78, 5) is 28.1. The molecule has 6 heteroatoms. The second kappa shape index (κ2) is 5.50. The molecule has 0 atom stereocenters. The molecule has 0 aliphatic heterocycles. The maximum Gasteiger partial charge on any atom is 0.337 e. The van der Waals surface area contributed by atoms with Gasteiger partial charge in [0.15, 0.2) is 0 Å². The first-order chi connectivity index (χ1) is 9.41. The Balaban J connectivity index is 2.45. The SMILES string of the molecule is CC(C)N(C)CCn1c(=O)[nH]c2cccc(C(=O)O)c21. The first kappa shape index (κ1) is 14.3. The molecule has 0 aliphatic carbocycles. The number of carboxylic acid groups (broad SMARTS) is 1. The third kappa shape index (κ3) is 2.60. The van der Waals surface area contributed by atoms with E-state index in [0.29, 0.717) is 30.2 Å². The topological polar surface area (TPSA) is 78.3 Å². The molecule has 0 amide bonds. The zero-order chi connectivity index (χ0) is 14.9. The Bertz CT molecular complexity index is 685. The predicted molar refractivity (Wildman–Crippen MR) is 77.3 cm³/mol. The van der Waals surface area contributed by atoms with Gasteiger partial charge in [-0.15, -0.1) is 0 Å². The monoisotopic (exact) mass is 277 g/mol. The van der Waals surface area contributed by atoms with E-state index in [1.807, 2.05) is 7.05 Å². The lowest BCUT2D eigenvalue weighted by molar-refractivity contribution is 0.0698. The molecule has 0 saturated heterocycles. The van der Waals surface area contributed by atoms with Crippen molar-refractivity contribution in [2.75, 3.05) is 13.6 Å². The van der Waals surface area contributed by atoms with E-state index in [-0.39, 0.29) is 11.3 Å². The molecular weight excluding hydrogens is 258 g/mol. The number of rotatable bonds is 5. The quantitative estimate of drug-likeness (QED) is 0.865. The molecule has 0 fully saturated rings. The van der Waals surface area contributed by atoms with E-state index in [1.165, 1.54) is 10.6 Å². The molecule has 1 aromatic carbocycles. The zero-order valence-electron chi connectivity index (χ0n) is 11.9. The van der Waals surface area contributed by atoms with E-state index in [4.69, 9.17) is 0 Å². The molecule has 6 nitrogen and oxygen atoms in total. The number of hydrogen-bond acceptors (Lipinski definition) is 3. The van der Waals surface area contributed by atoms with Crippen molar-refractivity contribution in [1.29, 1.82) is 0 Å². The second-order valence-electron chi connectivity index (χ2n) is 5.16. The number of aromatic carboxylic acids is 1. The average Bonchev–Trinajstić information content (AvgIpc) is 2.70. The van der Waals surface area contributed by atoms with Crippen LogP contribution in [0, 0.1) is 0 Å². The molecular formula is C14H19N3O3. The standard InChI is InChI=1S/C14H19N3O3/c1-9(2)16(3)7-8-17-12-10(13(18)19)5-4-6-11(12)15-14(17)20/h4-6,9H,7-8H2,1-3H3,(H,15,20)(H,18,19). The van der Waals surface area contributed by atoms with Crippen LogP contribution in [-0.2, 0) is 6.54 Å². The van der Waals surface area contributed by atoms with Gasteiger partial charge in [-0.05, 0) is 33.0 Å². The Kier molecular flexibility index (Phi) is 3.94. The van der Waals surface area contributed by atoms with Crippen molar-refractivity contribution in [2.24, 2.45) is 0 Å². The molecule has 1 heterocycles. The number of carboxylic acids is 1. The van der Waals surface area contributed by atoms with Crippen molar-refractivity contribution in [3.63, 3.8) is 0 Å². The van der Waals surface area contributed by atoms with Crippen LogP contribution in [0.4, 0.5) is 0 Å². The Labute approximate surface area is 116 Å². The highest BCUT2D eigenvalue weighted by Gasteiger charge is 2.15. The minimum absolute atomic E-state index is 0.146. The van der Waals surface area contributed by atoms with Gasteiger partial charge in [0.2, 0.25) is 0 Å². The molecule has 108 valence electrons. The van der Waals surface area contributed by atoms with Crippen molar-refractivity contribution in [2.45, 2.75) is 26.4 Å². The number of H-pyrrole nitrogens is 1. The normalized spacial score (nSPS) is 11.7. The molecule has 20 heavy (non-hydrogen) atoms. The number of aromatic amines is 1. The third-order valence-electron chi connectivity index (χ3n) is 3.58. The number of hydrogen-bond donors (Lipinski definition) is 2. The number of para-hydroxylation sites is 1. The van der Waals surface area contributed by atoms with Crippen LogP contribution in [0.25, 0.3) is 11.0 Å². The summed E-state index contributed by atoms with van der Waals surface area (Å²) in [5.41, 5.74) is 0.892. The van der Waals surface area contributed by atoms with E-state index in [1.54, 1.807) is 12.1 Å². The van der Waals surface area contributed by atoms with Gasteiger partial charge in [-0.1, -0.05) is 6.07 Å². The Morgan fingerprint density at radius 3 is 2.75 bits per heavy atom. The van der Waals surface area contributed by atoms with Gasteiger partial charge in [0, 0.05) is 19.1 Å². The Hall–Kier alpha value is -2.08. The van der Waals surface area contributed by atoms with Gasteiger partial charge < -0.3 is 15.0 Å². The molecule has 0 saturated carbocycles. The van der Waals surface area contributed by atoms with Gasteiger partial charge in [-0.3, -0.25) is 4.57 Å². The number of fused-ring (bicyclic) bond motifs is 1. The van der Waals surface area contributed by atoms with Crippen LogP contribution in [-0.4, -0.2) is 45.2 Å². The number of nitrogens with one attached hydrogen (secondary N) is 1. The summed E-state index contributed by atoms with van der Waals surface area (Å²) in [5, 5.41) is 9.24. The third-order valence-corrected chi connectivity index (χ3v) is 3.58. The molecule has 0 aliphatic rings. The number of aromatic nitrogens is 2. The van der Waals surface area contributed by atoms with Crippen molar-refractivity contribution in [3.05, 3.63) is 34.2 Å². The molecule has 0 unspecified atom stereocenters. The van der Waals surface area contributed by atoms with Crippen molar-refractivity contribution < 1.29 is 9.90 Å². The largest absolute Gasteiger partial charge is 0.478 e. The minimum Gasteiger partial charge on any atom is -0.478 e. The van der Waals surface area contributed by atoms with E-state index < -0.39 is 5.97 Å². The first-order valence-corrected chi connectivity index (χ1v) is 6.57. The highest BCUT2D eigenvalue weighted by Crippen LogP contribution is 2.16. The van der Waals surface area contributed by atoms with Gasteiger partial charge in [0.25, 0.3) is 0 Å². The summed E-state index contributed by atoms with van der Waals surface area (Å²) in [6.07, 6.45) is 0. The Morgan fingerprint density at radius 2 is 2.15 bits per heavy atom. The molecule has 0 bridgehead atoms. The lowest BCUT2D eigenvalue weighted by Crippen LogP contribution is -2.32. The fourth-order valence-corrected chi connectivity index (χ4v) is 2.12. The summed E-state index contributed by atoms with van der Waals surface area (Å²) in [5.74, 6) is -1.03. The summed E-state index contributed by atoms with van der Waals surface area (Å²) < 4.78 is 1.50. The maximum atomic E-state index is 12.0. The van der Waals surface area contributed by atoms with Crippen LogP contribution in [0.1, 0.15) is 24.2 Å². The van der Waals surface area contributed by atoms with Crippen LogP contribution >= 0.6 is 0 Å². The van der Waals surface area contributed by atoms with Crippen molar-refractivity contribution in [3.8, 4) is 0 Å². The number of imidazole rings is 1. The highest BCUT2D eigenvalue weighted by molar-refractivity contribution is 6.01. The van der Waals surface area contributed by atoms with Crippen LogP contribution in [0.2, 0.25) is 0 Å². The Morgan fingerprint density at radius 1 is 1.45 bits per heavy atom. The fraction of sp³-hybridized carbons (Fsp3) is 0.429. The molecule has 0 radical (unpaired) electrons. The smallest absolute Gasteiger partial charge is 0.337 e. The van der Waals surface area contributed by atoms with Crippen LogP contribution < -0.4 is 5.69 Å². The van der Waals surface area contributed by atoms with Crippen LogP contribution in [0.15, 0.2) is 23.0 Å². The number of nitrogens with zero attached hydrogens (tertiary/aromatic N) is 2.